The zero-order valence-electron chi connectivity index (χ0n) is 9.01. The zero-order chi connectivity index (χ0) is 12.3. The second-order valence-corrected chi connectivity index (χ2v) is 4.79. The summed E-state index contributed by atoms with van der Waals surface area (Å²) < 4.78 is 0. The van der Waals surface area contributed by atoms with Crippen LogP contribution in [0.15, 0.2) is 6.20 Å². The third kappa shape index (κ3) is 3.66. The molecule has 1 fully saturated rings. The molecule has 0 aromatic carbocycles. The van der Waals surface area contributed by atoms with E-state index >= 15 is 0 Å². The molecule has 1 aliphatic rings. The highest BCUT2D eigenvalue weighted by atomic mass is 32.1. The van der Waals surface area contributed by atoms with Gasteiger partial charge in [-0.25, -0.2) is 4.98 Å². The quantitative estimate of drug-likeness (QED) is 0.587. The van der Waals surface area contributed by atoms with E-state index in [1.54, 1.807) is 0 Å². The molecule has 0 radical (unpaired) electrons. The fraction of sp³-hybridized carbons (Fsp3) is 0.556. The van der Waals surface area contributed by atoms with E-state index in [1.165, 1.54) is 6.20 Å². The molecule has 17 heavy (non-hydrogen) atoms. The molecule has 92 valence electrons. The van der Waals surface area contributed by atoms with E-state index in [1.807, 2.05) is 0 Å². The number of hydrogen-bond acceptors (Lipinski definition) is 6. The van der Waals surface area contributed by atoms with Crippen LogP contribution in [-0.2, 0) is 4.79 Å². The van der Waals surface area contributed by atoms with Crippen LogP contribution in [0.2, 0.25) is 0 Å². The minimum atomic E-state index is -0.483. The lowest BCUT2D eigenvalue weighted by Crippen LogP contribution is -2.27. The Bertz CT molecular complexity index is 430. The number of amides is 1. The number of aromatic nitrogens is 1. The Hall–Kier alpha value is -1.70. The van der Waals surface area contributed by atoms with E-state index in [0.29, 0.717) is 24.1 Å². The largest absolute Gasteiger partial charge is 0.361 e. The van der Waals surface area contributed by atoms with Crippen molar-refractivity contribution in [2.45, 2.75) is 25.3 Å². The highest BCUT2D eigenvalue weighted by Crippen LogP contribution is 2.24. The minimum Gasteiger partial charge on any atom is -0.361 e. The molecule has 1 heterocycles. The first kappa shape index (κ1) is 11.8. The molecule has 1 saturated carbocycles. The van der Waals surface area contributed by atoms with E-state index in [-0.39, 0.29) is 10.9 Å². The Morgan fingerprint density at radius 2 is 2.41 bits per heavy atom. The van der Waals surface area contributed by atoms with Crippen LogP contribution in [0.5, 0.6) is 0 Å². The molecule has 0 spiro atoms. The average Bonchev–Trinajstić information content (AvgIpc) is 2.94. The number of nitrogens with zero attached hydrogens (tertiary/aromatic N) is 2. The van der Waals surface area contributed by atoms with Crippen molar-refractivity contribution in [3.8, 4) is 0 Å². The summed E-state index contributed by atoms with van der Waals surface area (Å²) in [4.78, 5) is 25.1. The van der Waals surface area contributed by atoms with Gasteiger partial charge in [0.2, 0.25) is 5.91 Å². The molecule has 0 saturated heterocycles. The van der Waals surface area contributed by atoms with Crippen molar-refractivity contribution in [3.05, 3.63) is 16.3 Å². The van der Waals surface area contributed by atoms with Crippen LogP contribution in [-0.4, -0.2) is 28.4 Å². The molecular formula is C9H12N4O3S. The van der Waals surface area contributed by atoms with Crippen molar-refractivity contribution < 1.29 is 9.72 Å². The SMILES string of the molecule is O=C(CCNc1ncc([N+](=O)[O-])s1)NC1CC1. The maximum atomic E-state index is 11.3. The van der Waals surface area contributed by atoms with E-state index in [2.05, 4.69) is 15.6 Å². The topological polar surface area (TPSA) is 97.2 Å². The maximum absolute atomic E-state index is 11.3. The maximum Gasteiger partial charge on any atom is 0.345 e. The predicted octanol–water partition coefficient (Wildman–Crippen LogP) is 1.13. The van der Waals surface area contributed by atoms with Crippen molar-refractivity contribution in [3.63, 3.8) is 0 Å². The molecule has 8 heteroatoms. The molecule has 2 N–H and O–H groups in total. The summed E-state index contributed by atoms with van der Waals surface area (Å²) in [6.07, 6.45) is 3.69. The summed E-state index contributed by atoms with van der Waals surface area (Å²) in [7, 11) is 0. The molecule has 0 atom stereocenters. The Morgan fingerprint density at radius 1 is 1.65 bits per heavy atom. The van der Waals surface area contributed by atoms with Gasteiger partial charge < -0.3 is 10.6 Å². The van der Waals surface area contributed by atoms with Gasteiger partial charge in [-0.2, -0.15) is 0 Å². The molecule has 2 rings (SSSR count). The van der Waals surface area contributed by atoms with Gasteiger partial charge in [-0.05, 0) is 24.2 Å². The minimum absolute atomic E-state index is 0.00469. The number of rotatable bonds is 6. The lowest BCUT2D eigenvalue weighted by Gasteiger charge is -2.03. The summed E-state index contributed by atoms with van der Waals surface area (Å²) >= 11 is 0.966. The van der Waals surface area contributed by atoms with Gasteiger partial charge in [-0.3, -0.25) is 14.9 Å². The van der Waals surface area contributed by atoms with Crippen LogP contribution in [0.1, 0.15) is 19.3 Å². The van der Waals surface area contributed by atoms with Crippen LogP contribution in [0, 0.1) is 10.1 Å². The van der Waals surface area contributed by atoms with Crippen molar-refractivity contribution >= 4 is 27.4 Å². The first-order chi connectivity index (χ1) is 8.15. The summed E-state index contributed by atoms with van der Waals surface area (Å²) in [5, 5.41) is 16.6. The third-order valence-electron chi connectivity index (χ3n) is 2.24. The number of anilines is 1. The van der Waals surface area contributed by atoms with Crippen LogP contribution in [0.4, 0.5) is 10.1 Å². The van der Waals surface area contributed by atoms with Crippen LogP contribution in [0.25, 0.3) is 0 Å². The molecule has 1 aromatic heterocycles. The van der Waals surface area contributed by atoms with E-state index in [9.17, 15) is 14.9 Å². The molecule has 1 amide bonds. The van der Waals surface area contributed by atoms with Crippen molar-refractivity contribution in [1.29, 1.82) is 0 Å². The van der Waals surface area contributed by atoms with Crippen molar-refractivity contribution in [2.24, 2.45) is 0 Å². The monoisotopic (exact) mass is 256 g/mol. The molecule has 1 aromatic rings. The summed E-state index contributed by atoms with van der Waals surface area (Å²) in [6.45, 7) is 0.434. The van der Waals surface area contributed by atoms with Crippen LogP contribution >= 0.6 is 11.3 Å². The van der Waals surface area contributed by atoms with Gasteiger partial charge in [0.25, 0.3) is 0 Å². The molecule has 0 bridgehead atoms. The number of hydrogen-bond donors (Lipinski definition) is 2. The normalized spacial score (nSPS) is 14.4. The first-order valence-electron chi connectivity index (χ1n) is 5.28. The standard InChI is InChI=1S/C9H12N4O3S/c14-7(12-6-1-2-6)3-4-10-9-11-5-8(17-9)13(15)16/h5-6H,1-4H2,(H,10,11)(H,12,14). The van der Waals surface area contributed by atoms with Crippen molar-refractivity contribution in [1.82, 2.24) is 10.3 Å². The second-order valence-electron chi connectivity index (χ2n) is 3.78. The molecule has 0 unspecified atom stereocenters. The average molecular weight is 256 g/mol. The van der Waals surface area contributed by atoms with Gasteiger partial charge in [-0.15, -0.1) is 0 Å². The lowest BCUT2D eigenvalue weighted by molar-refractivity contribution is -0.380. The fourth-order valence-electron chi connectivity index (χ4n) is 1.24. The Labute approximate surface area is 101 Å². The first-order valence-corrected chi connectivity index (χ1v) is 6.10. The summed E-state index contributed by atoms with van der Waals surface area (Å²) in [6, 6.07) is 0.364. The summed E-state index contributed by atoms with van der Waals surface area (Å²) in [5.41, 5.74) is 0. The molecule has 7 nitrogen and oxygen atoms in total. The van der Waals surface area contributed by atoms with Gasteiger partial charge in [0.05, 0.1) is 4.92 Å². The number of carbonyl (C=O) groups excluding carboxylic acids is 1. The molecular weight excluding hydrogens is 244 g/mol. The Balaban J connectivity index is 1.69. The van der Waals surface area contributed by atoms with Gasteiger partial charge in [0.1, 0.15) is 6.20 Å². The second kappa shape index (κ2) is 5.09. The lowest BCUT2D eigenvalue weighted by atomic mass is 10.4. The fourth-order valence-corrected chi connectivity index (χ4v) is 1.90. The molecule has 1 aliphatic carbocycles. The van der Waals surface area contributed by atoms with Crippen LogP contribution in [0.3, 0.4) is 0 Å². The van der Waals surface area contributed by atoms with Crippen LogP contribution < -0.4 is 10.6 Å². The zero-order valence-corrected chi connectivity index (χ0v) is 9.83. The van der Waals surface area contributed by atoms with E-state index in [4.69, 9.17) is 0 Å². The Kier molecular flexibility index (Phi) is 3.52. The predicted molar refractivity (Wildman–Crippen MR) is 63.0 cm³/mol. The van der Waals surface area contributed by atoms with Gasteiger partial charge in [0, 0.05) is 19.0 Å². The summed E-state index contributed by atoms with van der Waals surface area (Å²) in [5.74, 6) is 0.00561. The number of nitro groups is 1. The number of carbonyl (C=O) groups is 1. The molecule has 0 aliphatic heterocycles. The smallest absolute Gasteiger partial charge is 0.345 e. The van der Waals surface area contributed by atoms with Gasteiger partial charge in [0.15, 0.2) is 5.13 Å². The van der Waals surface area contributed by atoms with E-state index < -0.39 is 4.92 Å². The number of thiazole rings is 1. The Morgan fingerprint density at radius 3 is 3.00 bits per heavy atom. The van der Waals surface area contributed by atoms with E-state index in [0.717, 1.165) is 24.2 Å². The highest BCUT2D eigenvalue weighted by Gasteiger charge is 2.22. The highest BCUT2D eigenvalue weighted by molar-refractivity contribution is 7.18. The van der Waals surface area contributed by atoms with Gasteiger partial charge >= 0.3 is 5.00 Å². The number of nitrogens with one attached hydrogen (secondary N) is 2. The van der Waals surface area contributed by atoms with Crippen molar-refractivity contribution in [2.75, 3.05) is 11.9 Å². The third-order valence-corrected chi connectivity index (χ3v) is 3.15. The van der Waals surface area contributed by atoms with Gasteiger partial charge in [-0.1, -0.05) is 0 Å².